The Hall–Kier alpha value is -1.13. The molecule has 0 aliphatic carbocycles. The van der Waals surface area contributed by atoms with Gasteiger partial charge in [0.05, 0.1) is 5.60 Å². The van der Waals surface area contributed by atoms with Gasteiger partial charge in [-0.25, -0.2) is 0 Å². The standard InChI is InChI=1S/C12H20N2O2/c1-4-12(3,16-5-2)11(15)9-8-14-7-6-10(9)13/h6-8,11,15H,4-5H2,1-3H3,(H2,13,14). The summed E-state index contributed by atoms with van der Waals surface area (Å²) in [7, 11) is 0. The van der Waals surface area contributed by atoms with Crippen LogP contribution in [0.25, 0.3) is 0 Å². The number of hydrogen-bond donors (Lipinski definition) is 2. The number of hydrogen-bond acceptors (Lipinski definition) is 4. The molecular formula is C12H20N2O2. The molecule has 2 atom stereocenters. The Morgan fingerprint density at radius 3 is 2.75 bits per heavy atom. The second-order valence-corrected chi connectivity index (χ2v) is 4.01. The molecule has 0 aliphatic rings. The summed E-state index contributed by atoms with van der Waals surface area (Å²) in [5.41, 5.74) is 6.36. The van der Waals surface area contributed by atoms with Crippen LogP contribution in [0.3, 0.4) is 0 Å². The number of aliphatic hydroxyl groups is 1. The lowest BCUT2D eigenvalue weighted by atomic mass is 9.90. The van der Waals surface area contributed by atoms with Gasteiger partial charge < -0.3 is 15.6 Å². The van der Waals surface area contributed by atoms with E-state index in [0.29, 0.717) is 24.3 Å². The van der Waals surface area contributed by atoms with E-state index in [1.54, 1.807) is 18.5 Å². The zero-order valence-corrected chi connectivity index (χ0v) is 10.1. The zero-order valence-electron chi connectivity index (χ0n) is 10.1. The first kappa shape index (κ1) is 12.9. The van der Waals surface area contributed by atoms with Crippen LogP contribution in [0.4, 0.5) is 5.69 Å². The third-order valence-corrected chi connectivity index (χ3v) is 2.94. The van der Waals surface area contributed by atoms with Crippen LogP contribution in [0.1, 0.15) is 38.9 Å². The largest absolute Gasteiger partial charge is 0.398 e. The Balaban J connectivity index is 2.99. The molecule has 4 nitrogen and oxygen atoms in total. The molecule has 0 bridgehead atoms. The van der Waals surface area contributed by atoms with Crippen molar-refractivity contribution < 1.29 is 9.84 Å². The van der Waals surface area contributed by atoms with Gasteiger partial charge in [-0.3, -0.25) is 4.98 Å². The Bertz CT molecular complexity index is 344. The van der Waals surface area contributed by atoms with Crippen molar-refractivity contribution in [3.63, 3.8) is 0 Å². The van der Waals surface area contributed by atoms with E-state index in [9.17, 15) is 5.11 Å². The monoisotopic (exact) mass is 224 g/mol. The fourth-order valence-corrected chi connectivity index (χ4v) is 1.68. The molecule has 1 rings (SSSR count). The van der Waals surface area contributed by atoms with Gasteiger partial charge in [-0.05, 0) is 26.3 Å². The van der Waals surface area contributed by atoms with E-state index in [2.05, 4.69) is 4.98 Å². The number of anilines is 1. The molecule has 0 aromatic carbocycles. The predicted octanol–water partition coefficient (Wildman–Crippen LogP) is 1.90. The summed E-state index contributed by atoms with van der Waals surface area (Å²) >= 11 is 0. The van der Waals surface area contributed by atoms with Gasteiger partial charge in [0, 0.05) is 30.3 Å². The van der Waals surface area contributed by atoms with Gasteiger partial charge >= 0.3 is 0 Å². The van der Waals surface area contributed by atoms with Crippen LogP contribution in [-0.2, 0) is 4.74 Å². The summed E-state index contributed by atoms with van der Waals surface area (Å²) in [5, 5.41) is 10.3. The number of nitrogens with zero attached hydrogens (tertiary/aromatic N) is 1. The van der Waals surface area contributed by atoms with E-state index in [4.69, 9.17) is 10.5 Å². The highest BCUT2D eigenvalue weighted by Gasteiger charge is 2.34. The number of rotatable bonds is 5. The van der Waals surface area contributed by atoms with Crippen LogP contribution in [0, 0.1) is 0 Å². The van der Waals surface area contributed by atoms with Crippen molar-refractivity contribution in [3.05, 3.63) is 24.0 Å². The maximum Gasteiger partial charge on any atom is 0.111 e. The lowest BCUT2D eigenvalue weighted by Gasteiger charge is -2.33. The first-order chi connectivity index (χ1) is 7.55. The molecule has 0 saturated heterocycles. The Morgan fingerprint density at radius 1 is 1.56 bits per heavy atom. The maximum atomic E-state index is 10.3. The van der Waals surface area contributed by atoms with E-state index in [1.165, 1.54) is 0 Å². The molecule has 16 heavy (non-hydrogen) atoms. The topological polar surface area (TPSA) is 68.4 Å². The van der Waals surface area contributed by atoms with E-state index < -0.39 is 11.7 Å². The average molecular weight is 224 g/mol. The van der Waals surface area contributed by atoms with Crippen molar-refractivity contribution in [2.45, 2.75) is 38.9 Å². The van der Waals surface area contributed by atoms with Crippen molar-refractivity contribution in [1.82, 2.24) is 4.98 Å². The Morgan fingerprint density at radius 2 is 2.25 bits per heavy atom. The van der Waals surface area contributed by atoms with Crippen LogP contribution in [0.5, 0.6) is 0 Å². The summed E-state index contributed by atoms with van der Waals surface area (Å²) < 4.78 is 5.62. The molecule has 0 fully saturated rings. The minimum absolute atomic E-state index is 0.543. The molecule has 0 radical (unpaired) electrons. The van der Waals surface area contributed by atoms with Gasteiger partial charge in [-0.2, -0.15) is 0 Å². The minimum Gasteiger partial charge on any atom is -0.398 e. The van der Waals surface area contributed by atoms with E-state index in [1.807, 2.05) is 20.8 Å². The third-order valence-electron chi connectivity index (χ3n) is 2.94. The van der Waals surface area contributed by atoms with Crippen molar-refractivity contribution in [1.29, 1.82) is 0 Å². The smallest absolute Gasteiger partial charge is 0.111 e. The van der Waals surface area contributed by atoms with Gasteiger partial charge in [0.2, 0.25) is 0 Å². The number of ether oxygens (including phenoxy) is 1. The summed E-state index contributed by atoms with van der Waals surface area (Å²) in [4.78, 5) is 3.98. The van der Waals surface area contributed by atoms with E-state index >= 15 is 0 Å². The summed E-state index contributed by atoms with van der Waals surface area (Å²) in [6.45, 7) is 6.33. The molecule has 3 N–H and O–H groups in total. The van der Waals surface area contributed by atoms with Crippen LogP contribution < -0.4 is 5.73 Å². The molecule has 0 amide bonds. The minimum atomic E-state index is -0.758. The average Bonchev–Trinajstić information content (AvgIpc) is 2.29. The van der Waals surface area contributed by atoms with Crippen molar-refractivity contribution in [3.8, 4) is 0 Å². The van der Waals surface area contributed by atoms with Gasteiger partial charge in [0.1, 0.15) is 6.10 Å². The molecule has 90 valence electrons. The normalized spacial score (nSPS) is 16.8. The van der Waals surface area contributed by atoms with Crippen molar-refractivity contribution in [2.24, 2.45) is 0 Å². The molecule has 1 aromatic heterocycles. The number of nitrogens with two attached hydrogens (primary N) is 1. The Kier molecular flexibility index (Phi) is 4.26. The highest BCUT2D eigenvalue weighted by Crippen LogP contribution is 2.34. The third kappa shape index (κ3) is 2.51. The lowest BCUT2D eigenvalue weighted by molar-refractivity contribution is -0.112. The van der Waals surface area contributed by atoms with E-state index in [0.717, 1.165) is 0 Å². The predicted molar refractivity (Wildman–Crippen MR) is 63.9 cm³/mol. The number of aromatic nitrogens is 1. The molecular weight excluding hydrogens is 204 g/mol. The highest BCUT2D eigenvalue weighted by atomic mass is 16.5. The molecule has 0 saturated carbocycles. The fourth-order valence-electron chi connectivity index (χ4n) is 1.68. The maximum absolute atomic E-state index is 10.3. The molecule has 2 unspecified atom stereocenters. The summed E-state index contributed by atoms with van der Waals surface area (Å²) in [6.07, 6.45) is 3.14. The summed E-state index contributed by atoms with van der Waals surface area (Å²) in [5.74, 6) is 0. The first-order valence-electron chi connectivity index (χ1n) is 5.56. The second kappa shape index (κ2) is 5.27. The van der Waals surface area contributed by atoms with Gasteiger partial charge in [-0.15, -0.1) is 0 Å². The van der Waals surface area contributed by atoms with Gasteiger partial charge in [0.25, 0.3) is 0 Å². The van der Waals surface area contributed by atoms with Crippen molar-refractivity contribution in [2.75, 3.05) is 12.3 Å². The SMILES string of the molecule is CCOC(C)(CC)C(O)c1cnccc1N. The lowest BCUT2D eigenvalue weighted by Crippen LogP contribution is -2.36. The van der Waals surface area contributed by atoms with Gasteiger partial charge in [-0.1, -0.05) is 6.92 Å². The van der Waals surface area contributed by atoms with Crippen molar-refractivity contribution >= 4 is 5.69 Å². The number of nitrogen functional groups attached to an aromatic ring is 1. The molecule has 1 heterocycles. The molecule has 0 spiro atoms. The summed E-state index contributed by atoms with van der Waals surface area (Å²) in [6, 6.07) is 1.68. The van der Waals surface area contributed by atoms with Gasteiger partial charge in [0.15, 0.2) is 0 Å². The quantitative estimate of drug-likeness (QED) is 0.801. The van der Waals surface area contributed by atoms with Crippen LogP contribution in [-0.4, -0.2) is 22.3 Å². The molecule has 1 aromatic rings. The zero-order chi connectivity index (χ0) is 12.2. The first-order valence-corrected chi connectivity index (χ1v) is 5.56. The number of aliphatic hydroxyl groups excluding tert-OH is 1. The number of pyridine rings is 1. The van der Waals surface area contributed by atoms with Crippen LogP contribution >= 0.6 is 0 Å². The highest BCUT2D eigenvalue weighted by molar-refractivity contribution is 5.46. The Labute approximate surface area is 96.5 Å². The fraction of sp³-hybridized carbons (Fsp3) is 0.583. The van der Waals surface area contributed by atoms with Crippen LogP contribution in [0.2, 0.25) is 0 Å². The second-order valence-electron chi connectivity index (χ2n) is 4.01. The van der Waals surface area contributed by atoms with Crippen LogP contribution in [0.15, 0.2) is 18.5 Å². The molecule has 4 heteroatoms. The van der Waals surface area contributed by atoms with E-state index in [-0.39, 0.29) is 0 Å². The molecule has 0 aliphatic heterocycles.